The van der Waals surface area contributed by atoms with Crippen LogP contribution >= 0.6 is 34.2 Å². The maximum absolute atomic E-state index is 6.16. The Balaban J connectivity index is 2.50. The van der Waals surface area contributed by atoms with E-state index in [1.165, 1.54) is 0 Å². The van der Waals surface area contributed by atoms with E-state index in [0.29, 0.717) is 11.0 Å². The number of aromatic nitrogens is 4. The second-order valence-electron chi connectivity index (χ2n) is 3.89. The summed E-state index contributed by atoms with van der Waals surface area (Å²) in [5.74, 6) is 0.656. The minimum atomic E-state index is 0.515. The van der Waals surface area contributed by atoms with Crippen molar-refractivity contribution in [2.75, 3.05) is 0 Å². The van der Waals surface area contributed by atoms with Gasteiger partial charge in [0.05, 0.1) is 9.26 Å². The van der Waals surface area contributed by atoms with Crippen molar-refractivity contribution in [3.05, 3.63) is 26.7 Å². The highest BCUT2D eigenvalue weighted by Gasteiger charge is 2.13. The van der Waals surface area contributed by atoms with Gasteiger partial charge >= 0.3 is 0 Å². The van der Waals surface area contributed by atoms with Crippen LogP contribution in [0.5, 0.6) is 0 Å². The van der Waals surface area contributed by atoms with Gasteiger partial charge in [0.25, 0.3) is 0 Å². The predicted octanol–water partition coefficient (Wildman–Crippen LogP) is 3.57. The third-order valence-electron chi connectivity index (χ3n) is 2.60. The number of hydrogen-bond acceptors (Lipinski definition) is 3. The Morgan fingerprint density at radius 3 is 2.78 bits per heavy atom. The molecule has 0 radical (unpaired) electrons. The maximum Gasteiger partial charge on any atom is 0.179 e. The van der Waals surface area contributed by atoms with Gasteiger partial charge in [0, 0.05) is 12.7 Å². The molecule has 2 aromatic rings. The summed E-state index contributed by atoms with van der Waals surface area (Å²) in [7, 11) is 0. The smallest absolute Gasteiger partial charge is 0.179 e. The van der Waals surface area contributed by atoms with E-state index in [0.717, 1.165) is 34.3 Å². The SMILES string of the molecule is CCCn1nccc1-c1nc(Cl)c(I)c(CC)n1. The molecule has 2 rings (SSSR count). The predicted molar refractivity (Wildman–Crippen MR) is 80.6 cm³/mol. The zero-order valence-electron chi connectivity index (χ0n) is 10.3. The van der Waals surface area contributed by atoms with Crippen LogP contribution in [0, 0.1) is 3.57 Å². The highest BCUT2D eigenvalue weighted by atomic mass is 127. The van der Waals surface area contributed by atoms with Gasteiger partial charge in [0.15, 0.2) is 5.82 Å². The lowest BCUT2D eigenvalue weighted by Gasteiger charge is -2.08. The number of halogens is 2. The van der Waals surface area contributed by atoms with E-state index in [-0.39, 0.29) is 0 Å². The van der Waals surface area contributed by atoms with Gasteiger partial charge < -0.3 is 0 Å². The molecule has 0 aliphatic heterocycles. The van der Waals surface area contributed by atoms with Crippen LogP contribution in [0.4, 0.5) is 0 Å². The Morgan fingerprint density at radius 1 is 1.33 bits per heavy atom. The van der Waals surface area contributed by atoms with Crippen LogP contribution in [0.3, 0.4) is 0 Å². The molecule has 0 aliphatic carbocycles. The highest BCUT2D eigenvalue weighted by molar-refractivity contribution is 14.1. The Labute approximate surface area is 125 Å². The van der Waals surface area contributed by atoms with E-state index in [1.807, 2.05) is 10.7 Å². The van der Waals surface area contributed by atoms with Crippen LogP contribution in [0.15, 0.2) is 12.3 Å². The largest absolute Gasteiger partial charge is 0.262 e. The summed E-state index contributed by atoms with van der Waals surface area (Å²) in [4.78, 5) is 8.93. The lowest BCUT2D eigenvalue weighted by Crippen LogP contribution is -2.06. The second kappa shape index (κ2) is 5.97. The fraction of sp³-hybridized carbons (Fsp3) is 0.417. The number of nitrogens with zero attached hydrogens (tertiary/aromatic N) is 4. The molecule has 2 aromatic heterocycles. The van der Waals surface area contributed by atoms with E-state index >= 15 is 0 Å². The van der Waals surface area contributed by atoms with Crippen LogP contribution < -0.4 is 0 Å². The standard InChI is InChI=1S/C12H14ClIN4/c1-3-7-18-9(5-6-15-18)12-16-8(4-2)10(14)11(13)17-12/h5-6H,3-4,7H2,1-2H3. The normalized spacial score (nSPS) is 10.9. The number of hydrogen-bond donors (Lipinski definition) is 0. The molecule has 2 heterocycles. The first-order valence-corrected chi connectivity index (χ1v) is 7.37. The monoisotopic (exact) mass is 376 g/mol. The first-order valence-electron chi connectivity index (χ1n) is 5.91. The number of aryl methyl sites for hydroxylation is 2. The minimum Gasteiger partial charge on any atom is -0.262 e. The van der Waals surface area contributed by atoms with Gasteiger partial charge in [-0.15, -0.1) is 0 Å². The summed E-state index contributed by atoms with van der Waals surface area (Å²) >= 11 is 8.34. The highest BCUT2D eigenvalue weighted by Crippen LogP contribution is 2.24. The molecule has 0 atom stereocenters. The molecule has 0 unspecified atom stereocenters. The van der Waals surface area contributed by atoms with E-state index in [9.17, 15) is 0 Å². The summed E-state index contributed by atoms with van der Waals surface area (Å²) in [6, 6.07) is 1.92. The van der Waals surface area contributed by atoms with Crippen molar-refractivity contribution in [2.45, 2.75) is 33.2 Å². The summed E-state index contributed by atoms with van der Waals surface area (Å²) in [6.45, 7) is 5.04. The van der Waals surface area contributed by atoms with Gasteiger partial charge in [-0.3, -0.25) is 4.68 Å². The van der Waals surface area contributed by atoms with Gasteiger partial charge in [0.2, 0.25) is 0 Å². The van der Waals surface area contributed by atoms with E-state index in [4.69, 9.17) is 11.6 Å². The molecule has 6 heteroatoms. The molecule has 18 heavy (non-hydrogen) atoms. The van der Waals surface area contributed by atoms with Gasteiger partial charge in [-0.05, 0) is 41.5 Å². The van der Waals surface area contributed by atoms with Gasteiger partial charge in [-0.1, -0.05) is 25.4 Å². The first-order chi connectivity index (χ1) is 8.67. The Hall–Kier alpha value is -0.690. The molecule has 0 fully saturated rings. The maximum atomic E-state index is 6.16. The van der Waals surface area contributed by atoms with Crippen LogP contribution in [-0.2, 0) is 13.0 Å². The van der Waals surface area contributed by atoms with Gasteiger partial charge in [0.1, 0.15) is 10.8 Å². The molecular formula is C12H14ClIN4. The Kier molecular flexibility index (Phi) is 4.55. The fourth-order valence-electron chi connectivity index (χ4n) is 1.72. The lowest BCUT2D eigenvalue weighted by molar-refractivity contribution is 0.606. The van der Waals surface area contributed by atoms with E-state index in [2.05, 4.69) is 51.5 Å². The molecule has 0 aliphatic rings. The molecule has 0 saturated carbocycles. The van der Waals surface area contributed by atoms with Crippen LogP contribution in [0.25, 0.3) is 11.5 Å². The van der Waals surface area contributed by atoms with Crippen molar-refractivity contribution >= 4 is 34.2 Å². The van der Waals surface area contributed by atoms with Crippen molar-refractivity contribution in [1.29, 1.82) is 0 Å². The average Bonchev–Trinajstić information content (AvgIpc) is 2.81. The minimum absolute atomic E-state index is 0.515. The lowest BCUT2D eigenvalue weighted by atomic mass is 10.3. The molecule has 0 N–H and O–H groups in total. The molecule has 0 amide bonds. The quantitative estimate of drug-likeness (QED) is 0.605. The van der Waals surface area contributed by atoms with Crippen molar-refractivity contribution < 1.29 is 0 Å². The van der Waals surface area contributed by atoms with E-state index < -0.39 is 0 Å². The van der Waals surface area contributed by atoms with Crippen molar-refractivity contribution in [2.24, 2.45) is 0 Å². The van der Waals surface area contributed by atoms with Crippen LogP contribution in [0.2, 0.25) is 5.15 Å². The Bertz CT molecular complexity index is 553. The first kappa shape index (κ1) is 13.7. The third kappa shape index (κ3) is 2.66. The molecule has 0 spiro atoms. The molecule has 96 valence electrons. The molecule has 0 bridgehead atoms. The van der Waals surface area contributed by atoms with Crippen LogP contribution in [-0.4, -0.2) is 19.7 Å². The zero-order chi connectivity index (χ0) is 13.1. The van der Waals surface area contributed by atoms with E-state index in [1.54, 1.807) is 6.20 Å². The summed E-state index contributed by atoms with van der Waals surface area (Å²) < 4.78 is 2.85. The summed E-state index contributed by atoms with van der Waals surface area (Å²) in [6.07, 6.45) is 3.63. The summed E-state index contributed by atoms with van der Waals surface area (Å²) in [5, 5.41) is 4.80. The zero-order valence-corrected chi connectivity index (χ0v) is 13.2. The molecule has 0 saturated heterocycles. The topological polar surface area (TPSA) is 43.6 Å². The molecule has 0 aromatic carbocycles. The fourth-order valence-corrected chi connectivity index (χ4v) is 2.54. The Morgan fingerprint density at radius 2 is 2.11 bits per heavy atom. The van der Waals surface area contributed by atoms with Crippen molar-refractivity contribution in [3.8, 4) is 11.5 Å². The van der Waals surface area contributed by atoms with Crippen molar-refractivity contribution in [3.63, 3.8) is 0 Å². The van der Waals surface area contributed by atoms with Gasteiger partial charge in [-0.2, -0.15) is 5.10 Å². The third-order valence-corrected chi connectivity index (χ3v) is 4.32. The summed E-state index contributed by atoms with van der Waals surface area (Å²) in [5.41, 5.74) is 1.90. The van der Waals surface area contributed by atoms with Crippen LogP contribution in [0.1, 0.15) is 26.0 Å². The second-order valence-corrected chi connectivity index (χ2v) is 5.33. The number of rotatable bonds is 4. The van der Waals surface area contributed by atoms with Gasteiger partial charge in [-0.25, -0.2) is 9.97 Å². The average molecular weight is 377 g/mol. The molecular weight excluding hydrogens is 363 g/mol. The van der Waals surface area contributed by atoms with Crippen molar-refractivity contribution in [1.82, 2.24) is 19.7 Å². The molecule has 4 nitrogen and oxygen atoms in total.